The van der Waals surface area contributed by atoms with Gasteiger partial charge < -0.3 is 35.4 Å². The molecule has 0 spiro atoms. The van der Waals surface area contributed by atoms with Crippen molar-refractivity contribution in [2.24, 2.45) is 5.73 Å². The van der Waals surface area contributed by atoms with Crippen molar-refractivity contribution in [3.8, 4) is 0 Å². The quantitative estimate of drug-likeness (QED) is 0.0138. The molecule has 0 radical (unpaired) electrons. The van der Waals surface area contributed by atoms with E-state index in [4.69, 9.17) is 24.8 Å². The van der Waals surface area contributed by atoms with Gasteiger partial charge in [0.25, 0.3) is 0 Å². The average molecular weight is 786 g/mol. The number of hydrogen-bond acceptors (Lipinski definition) is 11. The standard InChI is InChI=1S/C40H68NO12P/c1-3-5-7-8-9-10-11-12-16-19-23-29-38(44)50-31-36(32-51-54(48,49)52-33-37(41)40(46)47)53-39(45)30-24-28-35(43)27-22-18-15-13-14-17-21-26-34(42)25-20-6-4-2/h8-9,14-15,17-18,21-22,26-27,34-37,42-43H,3-7,10-13,16,19-20,23-25,28-33,41H2,1-2H3,(H,46,47)(H,48,49)/b9-8-,17-14-,18-15-,26-21+,27-22+/t34-,35-,36-,37+/m1/s1. The molecule has 0 aromatic carbocycles. The Morgan fingerprint density at radius 3 is 1.85 bits per heavy atom. The van der Waals surface area contributed by atoms with Crippen LogP contribution in [0.3, 0.4) is 0 Å². The highest BCUT2D eigenvalue weighted by molar-refractivity contribution is 7.47. The third-order valence-corrected chi connectivity index (χ3v) is 8.90. The summed E-state index contributed by atoms with van der Waals surface area (Å²) >= 11 is 0. The Morgan fingerprint density at radius 1 is 0.667 bits per heavy atom. The van der Waals surface area contributed by atoms with E-state index in [1.807, 2.05) is 24.3 Å². The highest BCUT2D eigenvalue weighted by Gasteiger charge is 2.28. The van der Waals surface area contributed by atoms with Gasteiger partial charge in [-0.15, -0.1) is 0 Å². The molecule has 13 nitrogen and oxygen atoms in total. The number of carbonyl (C=O) groups is 3. The minimum atomic E-state index is -4.78. The SMILES string of the molecule is CCCC/C=C\CCCCCCCC(=O)OC[C@H](COP(=O)(O)OC[C@H](N)C(=O)O)OC(=O)CCC[C@H](O)/C=C/C=C\C/C=C\C=C\[C@H](O)CCCCC. The van der Waals surface area contributed by atoms with Gasteiger partial charge in [-0.25, -0.2) is 4.57 Å². The summed E-state index contributed by atoms with van der Waals surface area (Å²) in [6.07, 6.45) is 30.9. The first-order valence-corrected chi connectivity index (χ1v) is 21.0. The van der Waals surface area contributed by atoms with Crippen molar-refractivity contribution in [1.82, 2.24) is 0 Å². The van der Waals surface area contributed by atoms with Gasteiger partial charge in [0.05, 0.1) is 25.4 Å². The Bertz CT molecular complexity index is 1190. The highest BCUT2D eigenvalue weighted by atomic mass is 31.2. The molecular formula is C40H68NO12P. The van der Waals surface area contributed by atoms with Crippen LogP contribution in [0.15, 0.2) is 60.8 Å². The van der Waals surface area contributed by atoms with Crippen LogP contribution >= 0.6 is 7.82 Å². The number of rotatable bonds is 35. The van der Waals surface area contributed by atoms with Crippen molar-refractivity contribution in [3.63, 3.8) is 0 Å². The van der Waals surface area contributed by atoms with Crippen molar-refractivity contribution in [1.29, 1.82) is 0 Å². The zero-order chi connectivity index (χ0) is 40.3. The Morgan fingerprint density at radius 2 is 1.22 bits per heavy atom. The summed E-state index contributed by atoms with van der Waals surface area (Å²) in [4.78, 5) is 45.8. The van der Waals surface area contributed by atoms with Crippen LogP contribution in [0.2, 0.25) is 0 Å². The molecule has 1 unspecified atom stereocenters. The smallest absolute Gasteiger partial charge is 0.472 e. The lowest BCUT2D eigenvalue weighted by Gasteiger charge is -2.20. The number of carboxylic acids is 1. The number of ether oxygens (including phenoxy) is 2. The number of phosphoric acid groups is 1. The largest absolute Gasteiger partial charge is 0.480 e. The minimum absolute atomic E-state index is 0.0912. The van der Waals surface area contributed by atoms with Gasteiger partial charge in [-0.3, -0.25) is 23.4 Å². The van der Waals surface area contributed by atoms with Crippen molar-refractivity contribution in [2.45, 2.75) is 154 Å². The second-order valence-electron chi connectivity index (χ2n) is 13.1. The second-order valence-corrected chi connectivity index (χ2v) is 14.6. The molecular weight excluding hydrogens is 717 g/mol. The molecule has 0 saturated heterocycles. The normalized spacial score (nSPS) is 15.7. The fourth-order valence-electron chi connectivity index (χ4n) is 4.73. The van der Waals surface area contributed by atoms with Crippen LogP contribution in [0.4, 0.5) is 0 Å². The number of allylic oxidation sites excluding steroid dienone is 8. The number of carboxylic acid groups (broad SMARTS) is 1. The van der Waals surface area contributed by atoms with E-state index in [0.717, 1.165) is 64.2 Å². The van der Waals surface area contributed by atoms with Gasteiger partial charge in [-0.2, -0.15) is 0 Å². The summed E-state index contributed by atoms with van der Waals surface area (Å²) in [5.74, 6) is -2.66. The van der Waals surface area contributed by atoms with E-state index in [9.17, 15) is 34.1 Å². The molecule has 0 aliphatic heterocycles. The number of aliphatic hydroxyl groups is 2. The summed E-state index contributed by atoms with van der Waals surface area (Å²) in [5.41, 5.74) is 5.30. The molecule has 0 heterocycles. The summed E-state index contributed by atoms with van der Waals surface area (Å²) in [5, 5.41) is 29.0. The lowest BCUT2D eigenvalue weighted by molar-refractivity contribution is -0.161. The maximum atomic E-state index is 12.6. The Hall–Kier alpha value is -2.90. The third kappa shape index (κ3) is 33.7. The summed E-state index contributed by atoms with van der Waals surface area (Å²) in [6, 6.07) is -1.56. The van der Waals surface area contributed by atoms with Crippen LogP contribution in [-0.2, 0) is 37.5 Å². The molecule has 0 aliphatic rings. The van der Waals surface area contributed by atoms with Gasteiger partial charge in [-0.05, 0) is 51.4 Å². The first-order valence-electron chi connectivity index (χ1n) is 19.5. The van der Waals surface area contributed by atoms with Crippen LogP contribution in [-0.4, -0.2) is 82.3 Å². The van der Waals surface area contributed by atoms with Crippen molar-refractivity contribution < 1.29 is 57.7 Å². The molecule has 5 atom stereocenters. The van der Waals surface area contributed by atoms with Gasteiger partial charge in [0.15, 0.2) is 6.10 Å². The molecule has 310 valence electrons. The number of phosphoric ester groups is 1. The minimum Gasteiger partial charge on any atom is -0.480 e. The van der Waals surface area contributed by atoms with E-state index in [-0.39, 0.29) is 25.7 Å². The maximum absolute atomic E-state index is 12.6. The highest BCUT2D eigenvalue weighted by Crippen LogP contribution is 2.43. The summed E-state index contributed by atoms with van der Waals surface area (Å²) in [7, 11) is -4.78. The zero-order valence-electron chi connectivity index (χ0n) is 32.5. The van der Waals surface area contributed by atoms with E-state index in [1.165, 1.54) is 12.8 Å². The van der Waals surface area contributed by atoms with Gasteiger partial charge in [0.2, 0.25) is 0 Å². The number of unbranched alkanes of at least 4 members (excludes halogenated alkanes) is 9. The fraction of sp³-hybridized carbons (Fsp3) is 0.675. The van der Waals surface area contributed by atoms with Gasteiger partial charge in [0, 0.05) is 12.8 Å². The second kappa shape index (κ2) is 34.6. The number of carbonyl (C=O) groups excluding carboxylic acids is 2. The predicted molar refractivity (Wildman–Crippen MR) is 210 cm³/mol. The fourth-order valence-corrected chi connectivity index (χ4v) is 5.51. The maximum Gasteiger partial charge on any atom is 0.472 e. The van der Waals surface area contributed by atoms with Gasteiger partial charge in [-0.1, -0.05) is 126 Å². The molecule has 14 heteroatoms. The van der Waals surface area contributed by atoms with E-state index >= 15 is 0 Å². The topological polar surface area (TPSA) is 212 Å². The molecule has 0 rings (SSSR count). The Labute approximate surface area is 323 Å². The van der Waals surface area contributed by atoms with Crippen molar-refractivity contribution >= 4 is 25.7 Å². The van der Waals surface area contributed by atoms with E-state index < -0.39 is 69.9 Å². The average Bonchev–Trinajstić information content (AvgIpc) is 3.13. The molecule has 0 fully saturated rings. The number of esters is 2. The molecule has 0 aromatic heterocycles. The molecule has 0 aliphatic carbocycles. The molecule has 54 heavy (non-hydrogen) atoms. The number of hydrogen-bond donors (Lipinski definition) is 5. The molecule has 6 N–H and O–H groups in total. The Balaban J connectivity index is 4.71. The predicted octanol–water partition coefficient (Wildman–Crippen LogP) is 7.55. The third-order valence-electron chi connectivity index (χ3n) is 7.95. The first kappa shape index (κ1) is 51.1. The number of aliphatic hydroxyl groups excluding tert-OH is 2. The Kier molecular flexibility index (Phi) is 32.7. The van der Waals surface area contributed by atoms with E-state index in [1.54, 1.807) is 24.3 Å². The molecule has 0 bridgehead atoms. The molecule has 0 amide bonds. The van der Waals surface area contributed by atoms with Crippen LogP contribution in [0.1, 0.15) is 129 Å². The first-order chi connectivity index (χ1) is 25.9. The lowest BCUT2D eigenvalue weighted by atomic mass is 10.1. The van der Waals surface area contributed by atoms with Crippen LogP contribution in [0, 0.1) is 0 Å². The number of aliphatic carboxylic acids is 1. The van der Waals surface area contributed by atoms with Crippen LogP contribution in [0.5, 0.6) is 0 Å². The number of nitrogens with two attached hydrogens (primary N) is 1. The van der Waals surface area contributed by atoms with E-state index in [2.05, 4.69) is 30.5 Å². The van der Waals surface area contributed by atoms with Gasteiger partial charge >= 0.3 is 25.7 Å². The van der Waals surface area contributed by atoms with Gasteiger partial charge in [0.1, 0.15) is 12.6 Å². The summed E-state index contributed by atoms with van der Waals surface area (Å²) < 4.78 is 32.4. The van der Waals surface area contributed by atoms with Crippen LogP contribution in [0.25, 0.3) is 0 Å². The van der Waals surface area contributed by atoms with Crippen molar-refractivity contribution in [3.05, 3.63) is 60.8 Å². The van der Waals surface area contributed by atoms with E-state index in [0.29, 0.717) is 12.8 Å². The molecule has 0 aromatic rings. The molecule has 0 saturated carbocycles. The summed E-state index contributed by atoms with van der Waals surface area (Å²) in [6.45, 7) is 2.38. The monoisotopic (exact) mass is 785 g/mol. The zero-order valence-corrected chi connectivity index (χ0v) is 33.4. The van der Waals surface area contributed by atoms with Crippen LogP contribution < -0.4 is 5.73 Å². The van der Waals surface area contributed by atoms with Crippen molar-refractivity contribution in [2.75, 3.05) is 19.8 Å². The lowest BCUT2D eigenvalue weighted by Crippen LogP contribution is -2.34.